The van der Waals surface area contributed by atoms with Crippen molar-refractivity contribution in [2.75, 3.05) is 13.1 Å². The minimum atomic E-state index is 0.136. The molecule has 0 radical (unpaired) electrons. The van der Waals surface area contributed by atoms with Crippen molar-refractivity contribution in [1.82, 2.24) is 4.90 Å². The molecule has 2 aliphatic rings. The van der Waals surface area contributed by atoms with Gasteiger partial charge in [-0.3, -0.25) is 4.90 Å². The largest absolute Gasteiger partial charge is 0.508 e. The van der Waals surface area contributed by atoms with E-state index in [4.69, 9.17) is 0 Å². The second-order valence-corrected chi connectivity index (χ2v) is 6.87. The topological polar surface area (TPSA) is 23.5 Å². The Kier molecular flexibility index (Phi) is 3.37. The van der Waals surface area contributed by atoms with Gasteiger partial charge in [0, 0.05) is 12.6 Å². The molecule has 2 nitrogen and oxygen atoms in total. The van der Waals surface area contributed by atoms with Crippen molar-refractivity contribution < 1.29 is 5.11 Å². The Bertz CT molecular complexity index is 520. The van der Waals surface area contributed by atoms with Crippen molar-refractivity contribution in [2.45, 2.75) is 44.6 Å². The number of aromatic hydroxyl groups is 1. The predicted octanol–water partition coefficient (Wildman–Crippen LogP) is 3.49. The van der Waals surface area contributed by atoms with E-state index in [-0.39, 0.29) is 5.41 Å². The molecule has 1 N–H and O–H groups in total. The monoisotopic (exact) mass is 271 g/mol. The fraction of sp³-hybridized carbons (Fsp3) is 0.556. The molecule has 0 amide bonds. The van der Waals surface area contributed by atoms with Gasteiger partial charge in [0.15, 0.2) is 0 Å². The highest BCUT2D eigenvalue weighted by molar-refractivity contribution is 5.43. The van der Waals surface area contributed by atoms with Crippen LogP contribution in [0.15, 0.2) is 30.9 Å². The first kappa shape index (κ1) is 13.7. The Balaban J connectivity index is 2.03. The maximum Gasteiger partial charge on any atom is 0.115 e. The van der Waals surface area contributed by atoms with Crippen molar-refractivity contribution in [2.24, 2.45) is 5.92 Å². The van der Waals surface area contributed by atoms with Crippen LogP contribution in [0, 0.1) is 5.92 Å². The van der Waals surface area contributed by atoms with Gasteiger partial charge in [-0.15, -0.1) is 6.58 Å². The number of hydrogen-bond acceptors (Lipinski definition) is 2. The normalized spacial score (nSPS) is 28.5. The summed E-state index contributed by atoms with van der Waals surface area (Å²) in [5.74, 6) is 1.07. The highest BCUT2D eigenvalue weighted by Crippen LogP contribution is 2.47. The summed E-state index contributed by atoms with van der Waals surface area (Å²) >= 11 is 0. The fourth-order valence-electron chi connectivity index (χ4n) is 4.40. The summed E-state index contributed by atoms with van der Waals surface area (Å²) < 4.78 is 0. The van der Waals surface area contributed by atoms with Gasteiger partial charge in [0.1, 0.15) is 5.75 Å². The van der Waals surface area contributed by atoms with Gasteiger partial charge >= 0.3 is 0 Å². The second-order valence-electron chi connectivity index (χ2n) is 6.87. The molecule has 0 saturated carbocycles. The lowest BCUT2D eigenvalue weighted by molar-refractivity contribution is 0.0528. The SMILES string of the molecule is C=CCN1CCC[C@@H]2[C@@H]1Cc1ccc(O)cc1C2(C)C. The van der Waals surface area contributed by atoms with Crippen LogP contribution < -0.4 is 0 Å². The Morgan fingerprint density at radius 3 is 3.00 bits per heavy atom. The molecule has 0 bridgehead atoms. The summed E-state index contributed by atoms with van der Waals surface area (Å²) in [5, 5.41) is 9.83. The van der Waals surface area contributed by atoms with E-state index in [1.807, 2.05) is 18.2 Å². The highest BCUT2D eigenvalue weighted by atomic mass is 16.3. The summed E-state index contributed by atoms with van der Waals surface area (Å²) in [6.45, 7) is 10.8. The first-order chi connectivity index (χ1) is 9.54. The molecule has 0 unspecified atom stereocenters. The molecule has 3 rings (SSSR count). The van der Waals surface area contributed by atoms with E-state index < -0.39 is 0 Å². The van der Waals surface area contributed by atoms with Gasteiger partial charge in [-0.25, -0.2) is 0 Å². The zero-order valence-corrected chi connectivity index (χ0v) is 12.6. The summed E-state index contributed by atoms with van der Waals surface area (Å²) in [7, 11) is 0. The maximum absolute atomic E-state index is 9.83. The molecule has 1 heterocycles. The van der Waals surface area contributed by atoms with Gasteiger partial charge in [0.25, 0.3) is 0 Å². The van der Waals surface area contributed by atoms with Gasteiger partial charge in [0.2, 0.25) is 0 Å². The number of phenolic OH excluding ortho intramolecular Hbond substituents is 1. The van der Waals surface area contributed by atoms with Crippen LogP contribution >= 0.6 is 0 Å². The van der Waals surface area contributed by atoms with Crippen LogP contribution in [-0.2, 0) is 11.8 Å². The summed E-state index contributed by atoms with van der Waals surface area (Å²) in [4.78, 5) is 2.60. The van der Waals surface area contributed by atoms with E-state index in [0.29, 0.717) is 17.7 Å². The van der Waals surface area contributed by atoms with Crippen LogP contribution in [-0.4, -0.2) is 29.1 Å². The van der Waals surface area contributed by atoms with E-state index in [1.54, 1.807) is 0 Å². The van der Waals surface area contributed by atoms with Gasteiger partial charge in [-0.1, -0.05) is 26.0 Å². The molecular formula is C18H25NO. The lowest BCUT2D eigenvalue weighted by Gasteiger charge is -2.52. The Labute approximate surface area is 122 Å². The van der Waals surface area contributed by atoms with Crippen molar-refractivity contribution in [3.63, 3.8) is 0 Å². The third-order valence-electron chi connectivity index (χ3n) is 5.40. The first-order valence-corrected chi connectivity index (χ1v) is 7.71. The van der Waals surface area contributed by atoms with E-state index in [2.05, 4.69) is 31.4 Å². The maximum atomic E-state index is 9.83. The third kappa shape index (κ3) is 2.07. The zero-order chi connectivity index (χ0) is 14.3. The standard InChI is InChI=1S/C18H25NO/c1-4-9-19-10-5-6-15-17(19)11-13-7-8-14(20)12-16(13)18(15,2)3/h4,7-8,12,15,17,20H,1,5-6,9-11H2,2-3H3/t15-,17+/m1/s1. The molecule has 0 spiro atoms. The second kappa shape index (κ2) is 4.92. The zero-order valence-electron chi connectivity index (χ0n) is 12.6. The van der Waals surface area contributed by atoms with E-state index in [0.717, 1.165) is 13.0 Å². The minimum absolute atomic E-state index is 0.136. The molecule has 20 heavy (non-hydrogen) atoms. The smallest absolute Gasteiger partial charge is 0.115 e. The highest BCUT2D eigenvalue weighted by Gasteiger charge is 2.45. The lowest BCUT2D eigenvalue weighted by Crippen LogP contribution is -2.55. The Morgan fingerprint density at radius 2 is 2.25 bits per heavy atom. The van der Waals surface area contributed by atoms with Crippen LogP contribution in [0.2, 0.25) is 0 Å². The summed E-state index contributed by atoms with van der Waals surface area (Å²) in [6, 6.07) is 6.55. The average molecular weight is 271 g/mol. The molecule has 1 aliphatic carbocycles. The van der Waals surface area contributed by atoms with E-state index in [9.17, 15) is 5.11 Å². The van der Waals surface area contributed by atoms with E-state index in [1.165, 1.54) is 30.5 Å². The molecule has 0 aromatic heterocycles. The molecule has 1 aromatic rings. The molecule has 2 atom stereocenters. The number of likely N-dealkylation sites (tertiary alicyclic amines) is 1. The number of phenols is 1. The summed E-state index contributed by atoms with van der Waals surface area (Å²) in [5.41, 5.74) is 2.89. The predicted molar refractivity (Wildman–Crippen MR) is 83.1 cm³/mol. The van der Waals surface area contributed by atoms with Gasteiger partial charge in [-0.05, 0) is 60.4 Å². The van der Waals surface area contributed by atoms with Crippen LogP contribution in [0.1, 0.15) is 37.8 Å². The van der Waals surface area contributed by atoms with Crippen molar-refractivity contribution >= 4 is 0 Å². The number of nitrogens with zero attached hydrogens (tertiary/aromatic N) is 1. The molecule has 1 aromatic carbocycles. The van der Waals surface area contributed by atoms with Crippen LogP contribution in [0.25, 0.3) is 0 Å². The van der Waals surface area contributed by atoms with Crippen LogP contribution in [0.5, 0.6) is 5.75 Å². The Morgan fingerprint density at radius 1 is 1.45 bits per heavy atom. The number of hydrogen-bond donors (Lipinski definition) is 1. The summed E-state index contributed by atoms with van der Waals surface area (Å²) in [6.07, 6.45) is 5.70. The number of piperidine rings is 1. The molecular weight excluding hydrogens is 246 g/mol. The number of benzene rings is 1. The Hall–Kier alpha value is -1.28. The van der Waals surface area contributed by atoms with Gasteiger partial charge in [0.05, 0.1) is 0 Å². The van der Waals surface area contributed by atoms with Crippen molar-refractivity contribution in [3.8, 4) is 5.75 Å². The van der Waals surface area contributed by atoms with Crippen LogP contribution in [0.3, 0.4) is 0 Å². The first-order valence-electron chi connectivity index (χ1n) is 7.71. The van der Waals surface area contributed by atoms with Crippen LogP contribution in [0.4, 0.5) is 0 Å². The number of fused-ring (bicyclic) bond motifs is 2. The number of rotatable bonds is 2. The molecule has 1 aliphatic heterocycles. The fourth-order valence-corrected chi connectivity index (χ4v) is 4.40. The van der Waals surface area contributed by atoms with Gasteiger partial charge in [-0.2, -0.15) is 0 Å². The van der Waals surface area contributed by atoms with Crippen molar-refractivity contribution in [1.29, 1.82) is 0 Å². The average Bonchev–Trinajstić information content (AvgIpc) is 2.41. The molecule has 108 valence electrons. The van der Waals surface area contributed by atoms with E-state index >= 15 is 0 Å². The molecule has 2 heteroatoms. The van der Waals surface area contributed by atoms with Crippen molar-refractivity contribution in [3.05, 3.63) is 42.0 Å². The third-order valence-corrected chi connectivity index (χ3v) is 5.40. The van der Waals surface area contributed by atoms with Gasteiger partial charge < -0.3 is 5.11 Å². The molecule has 1 fully saturated rings. The molecule has 1 saturated heterocycles. The quantitative estimate of drug-likeness (QED) is 0.832. The minimum Gasteiger partial charge on any atom is -0.508 e. The lowest BCUT2D eigenvalue weighted by atomic mass is 9.60.